The molecule has 0 aliphatic heterocycles. The van der Waals surface area contributed by atoms with Gasteiger partial charge in [-0.25, -0.2) is 0 Å². The number of rotatable bonds is 5. The summed E-state index contributed by atoms with van der Waals surface area (Å²) in [7, 11) is 0. The third kappa shape index (κ3) is 3.26. The molecule has 0 saturated heterocycles. The van der Waals surface area contributed by atoms with E-state index in [4.69, 9.17) is 4.74 Å². The van der Waals surface area contributed by atoms with Gasteiger partial charge in [-0.15, -0.1) is 0 Å². The fourth-order valence-electron chi connectivity index (χ4n) is 1.57. The van der Waals surface area contributed by atoms with Crippen molar-refractivity contribution in [3.05, 3.63) is 64.3 Å². The van der Waals surface area contributed by atoms with Gasteiger partial charge in [0.2, 0.25) is 5.75 Å². The van der Waals surface area contributed by atoms with Gasteiger partial charge in [-0.05, 0) is 27.6 Å². The Morgan fingerprint density at radius 3 is 2.68 bits per heavy atom. The lowest BCUT2D eigenvalue weighted by atomic mass is 10.1. The van der Waals surface area contributed by atoms with Crippen LogP contribution in [0.4, 0.5) is 5.82 Å². The summed E-state index contributed by atoms with van der Waals surface area (Å²) in [4.78, 5) is 13.7. The second-order valence-corrected chi connectivity index (χ2v) is 3.82. The molecule has 1 aromatic carbocycles. The Kier molecular flexibility index (Phi) is 4.04. The Hall–Kier alpha value is -2.47. The van der Waals surface area contributed by atoms with E-state index >= 15 is 0 Å². The van der Waals surface area contributed by atoms with Gasteiger partial charge in [-0.3, -0.25) is 0 Å². The number of nitro groups is 1. The molecule has 1 heterocycles. The predicted octanol–water partition coefficient (Wildman–Crippen LogP) is 2.10. The minimum absolute atomic E-state index is 0.0440. The third-order valence-corrected chi connectivity index (χ3v) is 2.50. The maximum Gasteiger partial charge on any atom is 0.406 e. The highest BCUT2D eigenvalue weighted by Crippen LogP contribution is 2.24. The van der Waals surface area contributed by atoms with Crippen LogP contribution in [0.15, 0.2) is 48.7 Å². The minimum atomic E-state index is -0.846. The van der Waals surface area contributed by atoms with Crippen LogP contribution in [0.3, 0.4) is 0 Å². The molecule has 0 saturated carbocycles. The van der Waals surface area contributed by atoms with E-state index in [2.05, 4.69) is 4.98 Å². The van der Waals surface area contributed by atoms with Crippen molar-refractivity contribution < 1.29 is 14.8 Å². The van der Waals surface area contributed by atoms with Crippen LogP contribution >= 0.6 is 0 Å². The van der Waals surface area contributed by atoms with Gasteiger partial charge in [0, 0.05) is 0 Å². The molecule has 0 fully saturated rings. The number of aliphatic hydroxyl groups is 1. The van der Waals surface area contributed by atoms with Gasteiger partial charge < -0.3 is 20.0 Å². The maximum atomic E-state index is 10.7. The van der Waals surface area contributed by atoms with E-state index < -0.39 is 11.0 Å². The van der Waals surface area contributed by atoms with Crippen LogP contribution in [-0.2, 0) is 0 Å². The van der Waals surface area contributed by atoms with E-state index in [1.807, 2.05) is 6.07 Å². The molecule has 0 amide bonds. The number of aromatic nitrogens is 1. The Bertz CT molecular complexity index is 560. The average molecular weight is 260 g/mol. The summed E-state index contributed by atoms with van der Waals surface area (Å²) in [6, 6.07) is 11.9. The zero-order valence-corrected chi connectivity index (χ0v) is 9.97. The third-order valence-electron chi connectivity index (χ3n) is 2.50. The van der Waals surface area contributed by atoms with E-state index in [0.29, 0.717) is 5.56 Å². The number of pyridine rings is 1. The molecule has 6 heteroatoms. The molecule has 0 radical (unpaired) electrons. The van der Waals surface area contributed by atoms with Gasteiger partial charge in [0.25, 0.3) is 0 Å². The highest BCUT2D eigenvalue weighted by Gasteiger charge is 2.17. The van der Waals surface area contributed by atoms with Crippen molar-refractivity contribution in [3.63, 3.8) is 0 Å². The number of nitrogens with zero attached hydrogens (tertiary/aromatic N) is 2. The van der Waals surface area contributed by atoms with Gasteiger partial charge >= 0.3 is 5.82 Å². The van der Waals surface area contributed by atoms with Crippen molar-refractivity contribution >= 4 is 5.82 Å². The molecule has 1 N–H and O–H groups in total. The first-order chi connectivity index (χ1) is 9.18. The largest absolute Gasteiger partial charge is 0.483 e. The van der Waals surface area contributed by atoms with E-state index in [1.54, 1.807) is 24.3 Å². The lowest BCUT2D eigenvalue weighted by molar-refractivity contribution is -0.390. The van der Waals surface area contributed by atoms with Crippen molar-refractivity contribution in [2.45, 2.75) is 6.10 Å². The van der Waals surface area contributed by atoms with Crippen LogP contribution in [0.2, 0.25) is 0 Å². The summed E-state index contributed by atoms with van der Waals surface area (Å²) < 4.78 is 5.26. The Labute approximate surface area is 109 Å². The zero-order chi connectivity index (χ0) is 13.7. The van der Waals surface area contributed by atoms with Crippen LogP contribution < -0.4 is 4.74 Å². The summed E-state index contributed by atoms with van der Waals surface area (Å²) in [5.41, 5.74) is 0.689. The maximum absolute atomic E-state index is 10.7. The Morgan fingerprint density at radius 1 is 1.26 bits per heavy atom. The van der Waals surface area contributed by atoms with E-state index in [-0.39, 0.29) is 18.2 Å². The smallest absolute Gasteiger partial charge is 0.406 e. The molecular formula is C13H12N2O4. The number of benzene rings is 1. The van der Waals surface area contributed by atoms with Crippen molar-refractivity contribution in [2.24, 2.45) is 0 Å². The summed E-state index contributed by atoms with van der Waals surface area (Å²) in [5.74, 6) is -0.315. The summed E-state index contributed by atoms with van der Waals surface area (Å²) in [6.45, 7) is -0.0729. The minimum Gasteiger partial charge on any atom is -0.483 e. The molecule has 6 nitrogen and oxygen atoms in total. The number of aliphatic hydroxyl groups excluding tert-OH is 1. The molecule has 0 aliphatic rings. The normalized spacial score (nSPS) is 11.8. The molecule has 0 bridgehead atoms. The second-order valence-electron chi connectivity index (χ2n) is 3.82. The first kappa shape index (κ1) is 13.0. The van der Waals surface area contributed by atoms with Crippen molar-refractivity contribution in [2.75, 3.05) is 6.61 Å². The lowest BCUT2D eigenvalue weighted by Gasteiger charge is -2.12. The van der Waals surface area contributed by atoms with E-state index in [0.717, 1.165) is 0 Å². The first-order valence-electron chi connectivity index (χ1n) is 5.63. The van der Waals surface area contributed by atoms with Gasteiger partial charge in [0.1, 0.15) is 18.9 Å². The highest BCUT2D eigenvalue weighted by molar-refractivity contribution is 5.38. The molecule has 98 valence electrons. The summed E-state index contributed by atoms with van der Waals surface area (Å²) in [5, 5.41) is 20.6. The van der Waals surface area contributed by atoms with Crippen LogP contribution in [0.1, 0.15) is 11.7 Å². The summed E-state index contributed by atoms with van der Waals surface area (Å²) >= 11 is 0. The summed E-state index contributed by atoms with van der Waals surface area (Å²) in [6.07, 6.45) is 0.472. The van der Waals surface area contributed by atoms with Gasteiger partial charge in [-0.1, -0.05) is 30.3 Å². The van der Waals surface area contributed by atoms with Crippen LogP contribution in [0, 0.1) is 10.1 Å². The molecule has 2 rings (SSSR count). The average Bonchev–Trinajstić information content (AvgIpc) is 2.46. The Morgan fingerprint density at radius 2 is 2.00 bits per heavy atom. The molecule has 1 unspecified atom stereocenters. The number of hydrogen-bond acceptors (Lipinski definition) is 5. The zero-order valence-electron chi connectivity index (χ0n) is 9.97. The molecule has 1 aromatic heterocycles. The van der Waals surface area contributed by atoms with E-state index in [1.165, 1.54) is 18.3 Å². The highest BCUT2D eigenvalue weighted by atomic mass is 16.6. The van der Waals surface area contributed by atoms with E-state index in [9.17, 15) is 15.2 Å². The first-order valence-corrected chi connectivity index (χ1v) is 5.63. The SMILES string of the molecule is O=[N+]([O-])c1ncccc1OCC(O)c1ccccc1. The van der Waals surface area contributed by atoms with Crippen molar-refractivity contribution in [3.8, 4) is 5.75 Å². The lowest BCUT2D eigenvalue weighted by Crippen LogP contribution is -2.10. The second kappa shape index (κ2) is 5.92. The molecular weight excluding hydrogens is 248 g/mol. The quantitative estimate of drug-likeness (QED) is 0.657. The molecule has 0 spiro atoms. The molecule has 2 aromatic rings. The van der Waals surface area contributed by atoms with Crippen LogP contribution in [0.25, 0.3) is 0 Å². The molecule has 1 atom stereocenters. The predicted molar refractivity (Wildman–Crippen MR) is 67.8 cm³/mol. The Balaban J connectivity index is 2.05. The number of ether oxygens (including phenoxy) is 1. The van der Waals surface area contributed by atoms with Gasteiger partial charge in [-0.2, -0.15) is 0 Å². The van der Waals surface area contributed by atoms with Crippen LogP contribution in [-0.4, -0.2) is 21.6 Å². The topological polar surface area (TPSA) is 85.5 Å². The molecule has 19 heavy (non-hydrogen) atoms. The standard InChI is InChI=1S/C13H12N2O4/c16-11(10-5-2-1-3-6-10)9-19-12-7-4-8-14-13(12)15(17)18/h1-8,11,16H,9H2. The van der Waals surface area contributed by atoms with Gasteiger partial charge in [0.05, 0.1) is 0 Å². The van der Waals surface area contributed by atoms with Crippen LogP contribution in [0.5, 0.6) is 5.75 Å². The fourth-order valence-corrected chi connectivity index (χ4v) is 1.57. The molecule has 0 aliphatic carbocycles. The van der Waals surface area contributed by atoms with Gasteiger partial charge in [0.15, 0.2) is 0 Å². The van der Waals surface area contributed by atoms with Crippen molar-refractivity contribution in [1.82, 2.24) is 4.98 Å². The monoisotopic (exact) mass is 260 g/mol. The fraction of sp³-hybridized carbons (Fsp3) is 0.154. The number of hydrogen-bond donors (Lipinski definition) is 1. The van der Waals surface area contributed by atoms with Crippen molar-refractivity contribution in [1.29, 1.82) is 0 Å².